The zero-order valence-corrected chi connectivity index (χ0v) is 15.4. The molecule has 0 bridgehead atoms. The fraction of sp³-hybridized carbons (Fsp3) is 0.263. The molecular weight excluding hydrogens is 382 g/mol. The highest BCUT2D eigenvalue weighted by molar-refractivity contribution is 9.10. The van der Waals surface area contributed by atoms with Gasteiger partial charge in [0.1, 0.15) is 11.9 Å². The van der Waals surface area contributed by atoms with Crippen LogP contribution in [0.4, 0.5) is 0 Å². The average Bonchev–Trinajstić information content (AvgIpc) is 2.86. The number of amides is 1. The minimum atomic E-state index is -1.03. The molecule has 2 N–H and O–H groups in total. The average molecular weight is 400 g/mol. The maximum Gasteiger partial charge on any atom is 0.262 e. The van der Waals surface area contributed by atoms with E-state index in [1.54, 1.807) is 0 Å². The summed E-state index contributed by atoms with van der Waals surface area (Å²) in [5.74, 6) is 0.856. The second-order valence-electron chi connectivity index (χ2n) is 6.24. The third-order valence-electron chi connectivity index (χ3n) is 4.81. The number of aliphatic imine (C=N–C) groups is 1. The summed E-state index contributed by atoms with van der Waals surface area (Å²) in [5, 5.41) is 0. The third kappa shape index (κ3) is 2.43. The molecule has 0 saturated heterocycles. The largest absolute Gasteiger partial charge is 0.485 e. The quantitative estimate of drug-likeness (QED) is 0.841. The molecule has 4 rings (SSSR count). The van der Waals surface area contributed by atoms with Gasteiger partial charge in [0.2, 0.25) is 0 Å². The molecule has 2 atom stereocenters. The van der Waals surface area contributed by atoms with Gasteiger partial charge in [0.25, 0.3) is 5.91 Å². The van der Waals surface area contributed by atoms with Crippen LogP contribution in [-0.4, -0.2) is 23.3 Å². The number of fused-ring (bicyclic) bond motifs is 2. The molecule has 128 valence electrons. The highest BCUT2D eigenvalue weighted by Crippen LogP contribution is 2.50. The molecule has 2 heterocycles. The van der Waals surface area contributed by atoms with E-state index in [9.17, 15) is 4.79 Å². The Morgan fingerprint density at radius 2 is 2.08 bits per heavy atom. The summed E-state index contributed by atoms with van der Waals surface area (Å²) in [6, 6.07) is 15.6. The fourth-order valence-electron chi connectivity index (χ4n) is 3.60. The number of benzene rings is 2. The molecule has 2 aromatic rings. The summed E-state index contributed by atoms with van der Waals surface area (Å²) in [7, 11) is 0. The Morgan fingerprint density at radius 3 is 2.76 bits per heavy atom. The van der Waals surface area contributed by atoms with Gasteiger partial charge in [0.05, 0.1) is 0 Å². The van der Waals surface area contributed by atoms with Crippen LogP contribution in [0.2, 0.25) is 0 Å². The molecule has 0 aliphatic carbocycles. The number of hydrogen-bond donors (Lipinski definition) is 1. The van der Waals surface area contributed by atoms with E-state index < -0.39 is 5.54 Å². The number of carbonyl (C=O) groups excluding carboxylic acids is 1. The molecule has 0 radical (unpaired) electrons. The molecule has 2 aliphatic heterocycles. The molecule has 0 aromatic heterocycles. The predicted octanol–water partition coefficient (Wildman–Crippen LogP) is 3.35. The van der Waals surface area contributed by atoms with Crippen molar-refractivity contribution in [3.8, 4) is 5.75 Å². The van der Waals surface area contributed by atoms with Crippen LogP contribution in [-0.2, 0) is 10.3 Å². The van der Waals surface area contributed by atoms with Gasteiger partial charge in [0.15, 0.2) is 11.5 Å². The molecule has 1 spiro atoms. The highest BCUT2D eigenvalue weighted by atomic mass is 79.9. The maximum atomic E-state index is 13.2. The molecule has 2 unspecified atom stereocenters. The first-order valence-corrected chi connectivity index (χ1v) is 9.03. The monoisotopic (exact) mass is 399 g/mol. The number of nitrogens with zero attached hydrogens (tertiary/aromatic N) is 2. The Hall–Kier alpha value is -2.34. The Balaban J connectivity index is 1.88. The molecule has 1 amide bonds. The minimum Gasteiger partial charge on any atom is -0.485 e. The molecular formula is C19H18BrN3O2. The van der Waals surface area contributed by atoms with Crippen molar-refractivity contribution in [2.24, 2.45) is 10.7 Å². The van der Waals surface area contributed by atoms with E-state index in [0.29, 0.717) is 18.7 Å². The molecule has 25 heavy (non-hydrogen) atoms. The van der Waals surface area contributed by atoms with Gasteiger partial charge >= 0.3 is 0 Å². The second-order valence-corrected chi connectivity index (χ2v) is 7.16. The van der Waals surface area contributed by atoms with Gasteiger partial charge in [-0.25, -0.2) is 4.99 Å². The van der Waals surface area contributed by atoms with Crippen molar-refractivity contribution in [1.29, 1.82) is 0 Å². The number of carbonyl (C=O) groups is 1. The van der Waals surface area contributed by atoms with Crippen LogP contribution in [0.15, 0.2) is 58.0 Å². The van der Waals surface area contributed by atoms with Crippen molar-refractivity contribution in [3.63, 3.8) is 0 Å². The van der Waals surface area contributed by atoms with Crippen molar-refractivity contribution in [2.75, 3.05) is 6.54 Å². The van der Waals surface area contributed by atoms with Crippen molar-refractivity contribution >= 4 is 27.8 Å². The highest BCUT2D eigenvalue weighted by Gasteiger charge is 2.54. The van der Waals surface area contributed by atoms with E-state index in [4.69, 9.17) is 10.5 Å². The maximum absolute atomic E-state index is 13.2. The summed E-state index contributed by atoms with van der Waals surface area (Å²) >= 11 is 3.49. The van der Waals surface area contributed by atoms with E-state index in [0.717, 1.165) is 15.6 Å². The molecule has 2 aromatic carbocycles. The lowest BCUT2D eigenvalue weighted by molar-refractivity contribution is -0.133. The van der Waals surface area contributed by atoms with Crippen molar-refractivity contribution in [3.05, 3.63) is 64.1 Å². The zero-order chi connectivity index (χ0) is 17.6. The number of nitrogens with two attached hydrogens (primary N) is 1. The first kappa shape index (κ1) is 16.1. The van der Waals surface area contributed by atoms with E-state index in [2.05, 4.69) is 20.9 Å². The van der Waals surface area contributed by atoms with Crippen molar-refractivity contribution in [1.82, 2.24) is 4.90 Å². The van der Waals surface area contributed by atoms with Crippen LogP contribution in [0, 0.1) is 0 Å². The summed E-state index contributed by atoms with van der Waals surface area (Å²) < 4.78 is 7.09. The van der Waals surface area contributed by atoms with E-state index in [1.165, 1.54) is 4.90 Å². The van der Waals surface area contributed by atoms with Gasteiger partial charge in [0, 0.05) is 23.0 Å². The van der Waals surface area contributed by atoms with Gasteiger partial charge in [-0.15, -0.1) is 0 Å². The van der Waals surface area contributed by atoms with Gasteiger partial charge in [-0.2, -0.15) is 0 Å². The number of rotatable bonds is 2. The standard InChI is InChI=1S/C19H18BrN3O2/c1-2-23-17(24)19(22-18(23)21)11-16(12-6-4-3-5-7-12)25-15-9-8-13(20)10-14(15)19/h3-10,16H,2,11H2,1H3,(H2,21,22). The van der Waals surface area contributed by atoms with Crippen LogP contribution in [0.25, 0.3) is 0 Å². The topological polar surface area (TPSA) is 67.9 Å². The Morgan fingerprint density at radius 1 is 1.32 bits per heavy atom. The van der Waals surface area contributed by atoms with Gasteiger partial charge in [-0.05, 0) is 30.7 Å². The van der Waals surface area contributed by atoms with Gasteiger partial charge in [-0.1, -0.05) is 46.3 Å². The van der Waals surface area contributed by atoms with Crippen molar-refractivity contribution in [2.45, 2.75) is 25.0 Å². The lowest BCUT2D eigenvalue weighted by atomic mass is 9.80. The first-order valence-electron chi connectivity index (χ1n) is 8.24. The van der Waals surface area contributed by atoms with E-state index >= 15 is 0 Å². The van der Waals surface area contributed by atoms with Crippen LogP contribution >= 0.6 is 15.9 Å². The number of halogens is 1. The number of hydrogen-bond acceptors (Lipinski definition) is 4. The molecule has 6 heteroatoms. The summed E-state index contributed by atoms with van der Waals surface area (Å²) in [6.45, 7) is 2.39. The lowest BCUT2D eigenvalue weighted by Gasteiger charge is -2.37. The Bertz CT molecular complexity index is 868. The fourth-order valence-corrected chi connectivity index (χ4v) is 3.96. The third-order valence-corrected chi connectivity index (χ3v) is 5.30. The van der Waals surface area contributed by atoms with Gasteiger partial charge < -0.3 is 10.5 Å². The smallest absolute Gasteiger partial charge is 0.262 e. The van der Waals surface area contributed by atoms with Crippen LogP contribution in [0.5, 0.6) is 5.75 Å². The Kier molecular flexibility index (Phi) is 3.80. The van der Waals surface area contributed by atoms with Crippen LogP contribution in [0.1, 0.15) is 30.6 Å². The normalized spacial score (nSPS) is 24.9. The minimum absolute atomic E-state index is 0.0870. The molecule has 5 nitrogen and oxygen atoms in total. The zero-order valence-electron chi connectivity index (χ0n) is 13.8. The summed E-state index contributed by atoms with van der Waals surface area (Å²) in [5.41, 5.74) is 6.82. The number of likely N-dealkylation sites (N-methyl/N-ethyl adjacent to an activating group) is 1. The van der Waals surface area contributed by atoms with Crippen LogP contribution in [0.3, 0.4) is 0 Å². The summed E-state index contributed by atoms with van der Waals surface area (Å²) in [6.07, 6.45) is 0.170. The molecule has 0 fully saturated rings. The number of ether oxygens (including phenoxy) is 1. The molecule has 2 aliphatic rings. The van der Waals surface area contributed by atoms with Crippen LogP contribution < -0.4 is 10.5 Å². The SMILES string of the molecule is CCN1C(=O)C2(CC(c3ccccc3)Oc3ccc(Br)cc32)N=C1N. The van der Waals surface area contributed by atoms with E-state index in [1.807, 2.05) is 55.5 Å². The lowest BCUT2D eigenvalue weighted by Crippen LogP contribution is -2.45. The first-order chi connectivity index (χ1) is 12.0. The predicted molar refractivity (Wildman–Crippen MR) is 99.3 cm³/mol. The number of guanidine groups is 1. The second kappa shape index (κ2) is 5.88. The molecule has 0 saturated carbocycles. The van der Waals surface area contributed by atoms with Crippen molar-refractivity contribution < 1.29 is 9.53 Å². The Labute approximate surface area is 154 Å². The van der Waals surface area contributed by atoms with E-state index in [-0.39, 0.29) is 18.0 Å². The van der Waals surface area contributed by atoms with Gasteiger partial charge in [-0.3, -0.25) is 9.69 Å². The summed E-state index contributed by atoms with van der Waals surface area (Å²) in [4.78, 5) is 19.4.